The number of benzene rings is 1. The standard InChI is InChI=1S/C17H26O3/c1-6-20-16(18)12-17(3,4)10-9-14-7-8-15(19-5)13(2)11-14/h7-8,11H,6,9-10,12H2,1-5H3. The normalized spacial score (nSPS) is 11.2. The number of carbonyl (C=O) groups is 1. The van der Waals surface area contributed by atoms with Gasteiger partial charge in [-0.15, -0.1) is 0 Å². The van der Waals surface area contributed by atoms with Crippen LogP contribution in [0.4, 0.5) is 0 Å². The van der Waals surface area contributed by atoms with Crippen LogP contribution >= 0.6 is 0 Å². The van der Waals surface area contributed by atoms with Gasteiger partial charge in [-0.1, -0.05) is 26.0 Å². The van der Waals surface area contributed by atoms with Crippen LogP contribution in [0.1, 0.15) is 44.7 Å². The lowest BCUT2D eigenvalue weighted by molar-refractivity contribution is -0.145. The molecular formula is C17H26O3. The number of aryl methyl sites for hydroxylation is 2. The van der Waals surface area contributed by atoms with Crippen molar-refractivity contribution in [1.29, 1.82) is 0 Å². The molecule has 0 aromatic heterocycles. The van der Waals surface area contributed by atoms with Gasteiger partial charge in [0.25, 0.3) is 0 Å². The molecule has 0 spiro atoms. The molecule has 0 radical (unpaired) electrons. The third-order valence-electron chi connectivity index (χ3n) is 3.48. The lowest BCUT2D eigenvalue weighted by Gasteiger charge is -2.23. The van der Waals surface area contributed by atoms with Crippen LogP contribution in [-0.4, -0.2) is 19.7 Å². The van der Waals surface area contributed by atoms with E-state index in [4.69, 9.17) is 9.47 Å². The molecule has 0 bridgehead atoms. The Labute approximate surface area is 122 Å². The van der Waals surface area contributed by atoms with Crippen molar-refractivity contribution in [2.24, 2.45) is 5.41 Å². The van der Waals surface area contributed by atoms with Crippen molar-refractivity contribution in [1.82, 2.24) is 0 Å². The number of hydrogen-bond acceptors (Lipinski definition) is 3. The van der Waals surface area contributed by atoms with Crippen molar-refractivity contribution in [3.8, 4) is 5.75 Å². The van der Waals surface area contributed by atoms with Gasteiger partial charge in [0, 0.05) is 0 Å². The summed E-state index contributed by atoms with van der Waals surface area (Å²) in [4.78, 5) is 11.6. The van der Waals surface area contributed by atoms with E-state index in [1.54, 1.807) is 7.11 Å². The van der Waals surface area contributed by atoms with Crippen molar-refractivity contribution >= 4 is 5.97 Å². The molecule has 0 heterocycles. The molecule has 0 aliphatic heterocycles. The Morgan fingerprint density at radius 2 is 2.00 bits per heavy atom. The lowest BCUT2D eigenvalue weighted by atomic mass is 9.83. The van der Waals surface area contributed by atoms with E-state index in [0.717, 1.165) is 24.2 Å². The van der Waals surface area contributed by atoms with Crippen LogP contribution in [0.5, 0.6) is 5.75 Å². The van der Waals surface area contributed by atoms with Gasteiger partial charge in [0.1, 0.15) is 5.75 Å². The number of rotatable bonds is 7. The Balaban J connectivity index is 2.57. The second kappa shape index (κ2) is 7.32. The first-order valence-electron chi connectivity index (χ1n) is 7.17. The third-order valence-corrected chi connectivity index (χ3v) is 3.48. The van der Waals surface area contributed by atoms with E-state index in [1.165, 1.54) is 5.56 Å². The topological polar surface area (TPSA) is 35.5 Å². The highest BCUT2D eigenvalue weighted by Gasteiger charge is 2.22. The number of hydrogen-bond donors (Lipinski definition) is 0. The molecule has 0 fully saturated rings. The number of esters is 1. The molecule has 3 heteroatoms. The van der Waals surface area contributed by atoms with E-state index in [9.17, 15) is 4.79 Å². The Morgan fingerprint density at radius 3 is 2.55 bits per heavy atom. The molecule has 20 heavy (non-hydrogen) atoms. The minimum Gasteiger partial charge on any atom is -0.496 e. The second-order valence-electron chi connectivity index (χ2n) is 5.95. The van der Waals surface area contributed by atoms with Gasteiger partial charge in [0.2, 0.25) is 0 Å². The first-order valence-corrected chi connectivity index (χ1v) is 7.17. The van der Waals surface area contributed by atoms with Gasteiger partial charge in [0.15, 0.2) is 0 Å². The predicted octanol–water partition coefficient (Wildman–Crippen LogP) is 3.92. The fourth-order valence-electron chi connectivity index (χ4n) is 2.27. The molecule has 1 aromatic rings. The molecule has 0 unspecified atom stereocenters. The fourth-order valence-corrected chi connectivity index (χ4v) is 2.27. The maximum Gasteiger partial charge on any atom is 0.306 e. The van der Waals surface area contributed by atoms with E-state index in [1.807, 2.05) is 19.9 Å². The van der Waals surface area contributed by atoms with Gasteiger partial charge in [-0.2, -0.15) is 0 Å². The highest BCUT2D eigenvalue weighted by molar-refractivity contribution is 5.70. The van der Waals surface area contributed by atoms with Gasteiger partial charge in [-0.25, -0.2) is 0 Å². The van der Waals surface area contributed by atoms with E-state index in [2.05, 4.69) is 26.0 Å². The smallest absolute Gasteiger partial charge is 0.306 e. The quantitative estimate of drug-likeness (QED) is 0.709. The number of methoxy groups -OCH3 is 1. The summed E-state index contributed by atoms with van der Waals surface area (Å²) in [7, 11) is 1.68. The Bertz CT molecular complexity index is 450. The average Bonchev–Trinajstić information content (AvgIpc) is 2.36. The molecule has 0 aliphatic carbocycles. The van der Waals surface area contributed by atoms with Crippen molar-refractivity contribution < 1.29 is 14.3 Å². The summed E-state index contributed by atoms with van der Waals surface area (Å²) < 4.78 is 10.3. The molecular weight excluding hydrogens is 252 g/mol. The SMILES string of the molecule is CCOC(=O)CC(C)(C)CCc1ccc(OC)c(C)c1. The van der Waals surface area contributed by atoms with Crippen LogP contribution in [0.25, 0.3) is 0 Å². The monoisotopic (exact) mass is 278 g/mol. The molecule has 0 amide bonds. The zero-order valence-electron chi connectivity index (χ0n) is 13.3. The Morgan fingerprint density at radius 1 is 1.30 bits per heavy atom. The van der Waals surface area contributed by atoms with Gasteiger partial charge in [-0.3, -0.25) is 4.79 Å². The first-order chi connectivity index (χ1) is 9.38. The van der Waals surface area contributed by atoms with Crippen molar-refractivity contribution in [2.75, 3.05) is 13.7 Å². The number of carbonyl (C=O) groups excluding carboxylic acids is 1. The third kappa shape index (κ3) is 5.24. The lowest BCUT2D eigenvalue weighted by Crippen LogP contribution is -2.19. The molecule has 1 rings (SSSR count). The van der Waals surface area contributed by atoms with Crippen LogP contribution in [-0.2, 0) is 16.0 Å². The first kappa shape index (κ1) is 16.5. The van der Waals surface area contributed by atoms with Crippen LogP contribution in [0.3, 0.4) is 0 Å². The van der Waals surface area contributed by atoms with Gasteiger partial charge >= 0.3 is 5.97 Å². The van der Waals surface area contributed by atoms with Crippen LogP contribution in [0, 0.1) is 12.3 Å². The van der Waals surface area contributed by atoms with E-state index >= 15 is 0 Å². The molecule has 0 saturated heterocycles. The van der Waals surface area contributed by atoms with Crippen molar-refractivity contribution in [3.05, 3.63) is 29.3 Å². The van der Waals surface area contributed by atoms with E-state index in [0.29, 0.717) is 13.0 Å². The summed E-state index contributed by atoms with van der Waals surface area (Å²) in [6, 6.07) is 6.24. The number of ether oxygens (including phenoxy) is 2. The summed E-state index contributed by atoms with van der Waals surface area (Å²) >= 11 is 0. The van der Waals surface area contributed by atoms with Gasteiger partial charge < -0.3 is 9.47 Å². The molecule has 1 aromatic carbocycles. The molecule has 0 saturated carbocycles. The summed E-state index contributed by atoms with van der Waals surface area (Å²) in [6.07, 6.45) is 2.38. The summed E-state index contributed by atoms with van der Waals surface area (Å²) in [6.45, 7) is 8.56. The molecule has 112 valence electrons. The fraction of sp³-hybridized carbons (Fsp3) is 0.588. The molecule has 0 atom stereocenters. The minimum atomic E-state index is -0.108. The predicted molar refractivity (Wildman–Crippen MR) is 81.1 cm³/mol. The van der Waals surface area contributed by atoms with Crippen molar-refractivity contribution in [2.45, 2.75) is 47.0 Å². The zero-order valence-corrected chi connectivity index (χ0v) is 13.3. The Hall–Kier alpha value is -1.51. The summed E-state index contributed by atoms with van der Waals surface area (Å²) in [5.41, 5.74) is 2.38. The Kier molecular flexibility index (Phi) is 6.05. The van der Waals surface area contributed by atoms with E-state index in [-0.39, 0.29) is 11.4 Å². The van der Waals surface area contributed by atoms with E-state index < -0.39 is 0 Å². The molecule has 3 nitrogen and oxygen atoms in total. The van der Waals surface area contributed by atoms with Crippen molar-refractivity contribution in [3.63, 3.8) is 0 Å². The summed E-state index contributed by atoms with van der Waals surface area (Å²) in [5, 5.41) is 0. The largest absolute Gasteiger partial charge is 0.496 e. The maximum atomic E-state index is 11.6. The zero-order chi connectivity index (χ0) is 15.2. The van der Waals surface area contributed by atoms with Crippen LogP contribution in [0.2, 0.25) is 0 Å². The van der Waals surface area contributed by atoms with Gasteiger partial charge in [0.05, 0.1) is 20.1 Å². The maximum absolute atomic E-state index is 11.6. The molecule has 0 aliphatic rings. The second-order valence-corrected chi connectivity index (χ2v) is 5.95. The van der Waals surface area contributed by atoms with Crippen LogP contribution < -0.4 is 4.74 Å². The van der Waals surface area contributed by atoms with Gasteiger partial charge in [-0.05, 0) is 49.3 Å². The average molecular weight is 278 g/mol. The highest BCUT2D eigenvalue weighted by Crippen LogP contribution is 2.28. The highest BCUT2D eigenvalue weighted by atomic mass is 16.5. The van der Waals surface area contributed by atoms with Crippen LogP contribution in [0.15, 0.2) is 18.2 Å². The minimum absolute atomic E-state index is 0.0416. The molecule has 0 N–H and O–H groups in total. The summed E-state index contributed by atoms with van der Waals surface area (Å²) in [5.74, 6) is 0.808.